The molecule has 0 spiro atoms. The molecule has 0 saturated carbocycles. The minimum Gasteiger partial charge on any atom is -0.298 e. The van der Waals surface area contributed by atoms with Crippen LogP contribution in [0, 0.1) is 5.41 Å². The molecule has 0 aromatic heterocycles. The molecule has 0 amide bonds. The quantitative estimate of drug-likeness (QED) is 0.754. The number of halogens is 2. The van der Waals surface area contributed by atoms with Crippen LogP contribution in [0.15, 0.2) is 23.2 Å². The van der Waals surface area contributed by atoms with Crippen LogP contribution in [0.25, 0.3) is 0 Å². The molecular formula is C10H10Cl2N2. The third-order valence-corrected chi connectivity index (χ3v) is 2.74. The van der Waals surface area contributed by atoms with Crippen LogP contribution in [0.4, 0.5) is 0 Å². The molecule has 4 heteroatoms. The molecule has 0 aliphatic rings. The zero-order chi connectivity index (χ0) is 10.7. The number of aliphatic imine (C=N–C) groups is 1. The van der Waals surface area contributed by atoms with Crippen molar-refractivity contribution in [2.24, 2.45) is 4.99 Å². The lowest BCUT2D eigenvalue weighted by molar-refractivity contribution is 1.41. The Labute approximate surface area is 93.1 Å². The summed E-state index contributed by atoms with van der Waals surface area (Å²) in [5.41, 5.74) is 1.55. The van der Waals surface area contributed by atoms with Gasteiger partial charge in [-0.2, -0.15) is 0 Å². The maximum Gasteiger partial charge on any atom is 0.0834 e. The van der Waals surface area contributed by atoms with Crippen LogP contribution in [0.3, 0.4) is 0 Å². The van der Waals surface area contributed by atoms with Gasteiger partial charge in [0.25, 0.3) is 0 Å². The molecule has 1 rings (SSSR count). The minimum absolute atomic E-state index is 0.306. The van der Waals surface area contributed by atoms with Crippen LogP contribution >= 0.6 is 23.2 Å². The van der Waals surface area contributed by atoms with E-state index in [4.69, 9.17) is 28.6 Å². The number of benzene rings is 1. The van der Waals surface area contributed by atoms with Gasteiger partial charge in [-0.05, 0) is 13.0 Å². The maximum absolute atomic E-state index is 7.80. The Morgan fingerprint density at radius 3 is 2.57 bits per heavy atom. The van der Waals surface area contributed by atoms with E-state index in [1.165, 1.54) is 0 Å². The molecule has 0 bridgehead atoms. The van der Waals surface area contributed by atoms with E-state index < -0.39 is 0 Å². The molecule has 1 aromatic carbocycles. The highest BCUT2D eigenvalue weighted by Crippen LogP contribution is 2.25. The van der Waals surface area contributed by atoms with Crippen molar-refractivity contribution in [1.82, 2.24) is 0 Å². The Hall–Kier alpha value is -0.860. The number of hydrogen-bond acceptors (Lipinski definition) is 2. The molecule has 74 valence electrons. The van der Waals surface area contributed by atoms with Gasteiger partial charge in [0, 0.05) is 12.6 Å². The van der Waals surface area contributed by atoms with Gasteiger partial charge in [0.1, 0.15) is 0 Å². The Kier molecular flexibility index (Phi) is 3.67. The van der Waals surface area contributed by atoms with Crippen molar-refractivity contribution >= 4 is 34.6 Å². The fraction of sp³-hybridized carbons (Fsp3) is 0.200. The SMILES string of the molecule is C/N=C(/C)C(=N)c1cccc(Cl)c1Cl. The van der Waals surface area contributed by atoms with Gasteiger partial charge in [-0.1, -0.05) is 35.3 Å². The summed E-state index contributed by atoms with van der Waals surface area (Å²) in [6.45, 7) is 1.76. The highest BCUT2D eigenvalue weighted by atomic mass is 35.5. The second kappa shape index (κ2) is 4.58. The summed E-state index contributed by atoms with van der Waals surface area (Å²) in [4.78, 5) is 3.93. The first kappa shape index (κ1) is 11.2. The summed E-state index contributed by atoms with van der Waals surface area (Å²) in [6, 6.07) is 5.21. The average molecular weight is 229 g/mol. The lowest BCUT2D eigenvalue weighted by Crippen LogP contribution is -2.10. The van der Waals surface area contributed by atoms with Gasteiger partial charge in [0.05, 0.1) is 21.5 Å². The standard InChI is InChI=1S/C10H10Cl2N2/c1-6(14-2)10(13)7-4-3-5-8(11)9(7)12/h3-5,13H,1-2H3/b13-10?,14-6-. The van der Waals surface area contributed by atoms with Gasteiger partial charge in [-0.25, -0.2) is 0 Å². The highest BCUT2D eigenvalue weighted by Gasteiger charge is 2.10. The first-order valence-electron chi connectivity index (χ1n) is 4.04. The Morgan fingerprint density at radius 1 is 1.36 bits per heavy atom. The third-order valence-electron chi connectivity index (χ3n) is 1.92. The first-order chi connectivity index (χ1) is 6.57. The Balaban J connectivity index is 3.21. The number of rotatable bonds is 2. The smallest absolute Gasteiger partial charge is 0.0834 e. The molecule has 1 aromatic rings. The van der Waals surface area contributed by atoms with Crippen molar-refractivity contribution in [3.05, 3.63) is 33.8 Å². The van der Waals surface area contributed by atoms with Crippen LogP contribution in [-0.4, -0.2) is 18.5 Å². The van der Waals surface area contributed by atoms with E-state index >= 15 is 0 Å². The normalized spacial score (nSPS) is 11.6. The molecule has 0 aliphatic carbocycles. The monoisotopic (exact) mass is 228 g/mol. The minimum atomic E-state index is 0.306. The molecule has 0 radical (unpaired) electrons. The molecular weight excluding hydrogens is 219 g/mol. The van der Waals surface area contributed by atoms with Crippen LogP contribution in [-0.2, 0) is 0 Å². The largest absolute Gasteiger partial charge is 0.298 e. The van der Waals surface area contributed by atoms with Crippen molar-refractivity contribution in [1.29, 1.82) is 5.41 Å². The second-order valence-electron chi connectivity index (χ2n) is 2.79. The van der Waals surface area contributed by atoms with E-state index in [0.717, 1.165) is 0 Å². The van der Waals surface area contributed by atoms with Gasteiger partial charge < -0.3 is 0 Å². The summed E-state index contributed by atoms with van der Waals surface area (Å²) in [5.74, 6) is 0. The van der Waals surface area contributed by atoms with E-state index in [9.17, 15) is 0 Å². The lowest BCUT2D eigenvalue weighted by Gasteiger charge is -2.06. The topological polar surface area (TPSA) is 36.2 Å². The zero-order valence-electron chi connectivity index (χ0n) is 7.94. The van der Waals surface area contributed by atoms with Crippen LogP contribution in [0.2, 0.25) is 10.0 Å². The summed E-state index contributed by atoms with van der Waals surface area (Å²) in [7, 11) is 1.64. The number of nitrogens with zero attached hydrogens (tertiary/aromatic N) is 1. The van der Waals surface area contributed by atoms with Crippen molar-refractivity contribution in [3.8, 4) is 0 Å². The molecule has 0 atom stereocenters. The highest BCUT2D eigenvalue weighted by molar-refractivity contribution is 6.52. The molecule has 0 fully saturated rings. The van der Waals surface area contributed by atoms with E-state index in [0.29, 0.717) is 27.0 Å². The summed E-state index contributed by atoms with van der Waals surface area (Å²) < 4.78 is 0. The second-order valence-corrected chi connectivity index (χ2v) is 3.57. The maximum atomic E-state index is 7.80. The molecule has 0 aliphatic heterocycles. The fourth-order valence-corrected chi connectivity index (χ4v) is 1.40. The van der Waals surface area contributed by atoms with Gasteiger partial charge in [-0.15, -0.1) is 0 Å². The van der Waals surface area contributed by atoms with Crippen LogP contribution < -0.4 is 0 Å². The van der Waals surface area contributed by atoms with Gasteiger partial charge >= 0.3 is 0 Å². The van der Waals surface area contributed by atoms with Gasteiger partial charge in [0.2, 0.25) is 0 Å². The molecule has 0 saturated heterocycles. The Bertz CT molecular complexity index is 397. The van der Waals surface area contributed by atoms with Crippen LogP contribution in [0.5, 0.6) is 0 Å². The van der Waals surface area contributed by atoms with E-state index in [1.54, 1.807) is 32.2 Å². The average Bonchev–Trinajstić information content (AvgIpc) is 2.20. The summed E-state index contributed by atoms with van der Waals surface area (Å²) in [5, 5.41) is 8.66. The molecule has 1 N–H and O–H groups in total. The van der Waals surface area contributed by atoms with E-state index in [2.05, 4.69) is 4.99 Å². The molecule has 14 heavy (non-hydrogen) atoms. The zero-order valence-corrected chi connectivity index (χ0v) is 9.45. The Morgan fingerprint density at radius 2 is 2.00 bits per heavy atom. The number of nitrogens with one attached hydrogen (secondary N) is 1. The summed E-state index contributed by atoms with van der Waals surface area (Å²) >= 11 is 11.8. The molecule has 0 unspecified atom stereocenters. The number of hydrogen-bond donors (Lipinski definition) is 1. The van der Waals surface area contributed by atoms with Gasteiger partial charge in [0.15, 0.2) is 0 Å². The predicted molar refractivity (Wildman–Crippen MR) is 62.3 cm³/mol. The van der Waals surface area contributed by atoms with Crippen molar-refractivity contribution in [2.45, 2.75) is 6.92 Å². The van der Waals surface area contributed by atoms with Crippen molar-refractivity contribution in [2.75, 3.05) is 7.05 Å². The van der Waals surface area contributed by atoms with E-state index in [1.807, 2.05) is 0 Å². The van der Waals surface area contributed by atoms with Crippen molar-refractivity contribution < 1.29 is 0 Å². The predicted octanol–water partition coefficient (Wildman–Crippen LogP) is 3.45. The van der Waals surface area contributed by atoms with Crippen molar-refractivity contribution in [3.63, 3.8) is 0 Å². The lowest BCUT2D eigenvalue weighted by atomic mass is 10.1. The van der Waals surface area contributed by atoms with E-state index in [-0.39, 0.29) is 0 Å². The summed E-state index contributed by atoms with van der Waals surface area (Å²) in [6.07, 6.45) is 0. The molecule has 2 nitrogen and oxygen atoms in total. The first-order valence-corrected chi connectivity index (χ1v) is 4.80. The van der Waals surface area contributed by atoms with Gasteiger partial charge in [-0.3, -0.25) is 10.4 Å². The fourth-order valence-electron chi connectivity index (χ4n) is 1.00. The molecule has 0 heterocycles. The van der Waals surface area contributed by atoms with Crippen LogP contribution in [0.1, 0.15) is 12.5 Å². The third kappa shape index (κ3) is 2.14.